The number of hydrogen-bond acceptors (Lipinski definition) is 6. The van der Waals surface area contributed by atoms with Gasteiger partial charge in [-0.05, 0) is 42.2 Å². The Morgan fingerprint density at radius 3 is 2.83 bits per heavy atom. The van der Waals surface area contributed by atoms with E-state index in [0.29, 0.717) is 19.5 Å². The van der Waals surface area contributed by atoms with E-state index in [1.807, 2.05) is 16.5 Å². The van der Waals surface area contributed by atoms with Crippen LogP contribution < -0.4 is 4.72 Å². The molecule has 2 aliphatic rings. The Labute approximate surface area is 146 Å². The zero-order valence-corrected chi connectivity index (χ0v) is 15.4. The van der Waals surface area contributed by atoms with Crippen LogP contribution in [0, 0.1) is 5.92 Å². The Morgan fingerprint density at radius 2 is 2.12 bits per heavy atom. The summed E-state index contributed by atoms with van der Waals surface area (Å²) in [7, 11) is -2.13. The molecule has 2 aliphatic heterocycles. The lowest BCUT2D eigenvalue weighted by atomic mass is 9.94. The van der Waals surface area contributed by atoms with E-state index in [1.54, 1.807) is 18.4 Å². The zero-order valence-electron chi connectivity index (χ0n) is 13.7. The van der Waals surface area contributed by atoms with Crippen molar-refractivity contribution in [2.75, 3.05) is 26.7 Å². The molecule has 0 spiro atoms. The summed E-state index contributed by atoms with van der Waals surface area (Å²) in [4.78, 5) is 18.5. The van der Waals surface area contributed by atoms with Gasteiger partial charge in [-0.25, -0.2) is 4.72 Å². The van der Waals surface area contributed by atoms with Gasteiger partial charge >= 0.3 is 10.2 Å². The first-order chi connectivity index (χ1) is 11.5. The van der Waals surface area contributed by atoms with E-state index in [-0.39, 0.29) is 12.3 Å². The second kappa shape index (κ2) is 7.49. The minimum Gasteiger partial charge on any atom is -0.302 e. The fourth-order valence-electron chi connectivity index (χ4n) is 3.24. The number of amides is 1. The molecule has 0 saturated carbocycles. The van der Waals surface area contributed by atoms with Gasteiger partial charge in [0.25, 0.3) is 0 Å². The SMILES string of the molecule is CON1CCC(CC(=O)NS(=O)(=O)N2CCc3sccc3C2)CC1. The first kappa shape index (κ1) is 17.8. The molecule has 0 atom stereocenters. The number of piperidine rings is 1. The van der Waals surface area contributed by atoms with Crippen LogP contribution in [0.1, 0.15) is 29.7 Å². The number of nitrogens with zero attached hydrogens (tertiary/aromatic N) is 2. The molecule has 9 heteroatoms. The van der Waals surface area contributed by atoms with Crippen molar-refractivity contribution in [3.63, 3.8) is 0 Å². The quantitative estimate of drug-likeness (QED) is 0.837. The normalized spacial score (nSPS) is 20.7. The molecule has 134 valence electrons. The molecule has 1 aromatic heterocycles. The van der Waals surface area contributed by atoms with Crippen molar-refractivity contribution in [3.05, 3.63) is 21.9 Å². The minimum absolute atomic E-state index is 0.205. The van der Waals surface area contributed by atoms with Crippen LogP contribution in [0.3, 0.4) is 0 Å². The number of thiophene rings is 1. The number of fused-ring (bicyclic) bond motifs is 1. The van der Waals surface area contributed by atoms with E-state index < -0.39 is 16.1 Å². The van der Waals surface area contributed by atoms with Gasteiger partial charge in [0.05, 0.1) is 7.11 Å². The molecular formula is C15H23N3O4S2. The van der Waals surface area contributed by atoms with Gasteiger partial charge in [-0.2, -0.15) is 17.8 Å². The molecule has 3 rings (SSSR count). The van der Waals surface area contributed by atoms with Gasteiger partial charge in [0.2, 0.25) is 5.91 Å². The first-order valence-corrected chi connectivity index (χ1v) is 10.4. The van der Waals surface area contributed by atoms with E-state index >= 15 is 0 Å². The van der Waals surface area contributed by atoms with E-state index in [9.17, 15) is 13.2 Å². The third-order valence-corrected chi connectivity index (χ3v) is 7.16. The molecule has 1 aromatic rings. The Hall–Kier alpha value is -1.00. The van der Waals surface area contributed by atoms with Crippen molar-refractivity contribution in [3.8, 4) is 0 Å². The van der Waals surface area contributed by atoms with Crippen molar-refractivity contribution in [1.82, 2.24) is 14.1 Å². The van der Waals surface area contributed by atoms with Crippen LogP contribution in [-0.4, -0.2) is 50.4 Å². The van der Waals surface area contributed by atoms with Crippen LogP contribution in [0.4, 0.5) is 0 Å². The summed E-state index contributed by atoms with van der Waals surface area (Å²) in [5, 5.41) is 3.84. The molecule has 0 bridgehead atoms. The maximum absolute atomic E-state index is 12.4. The molecule has 3 heterocycles. The predicted octanol–water partition coefficient (Wildman–Crippen LogP) is 1.13. The monoisotopic (exact) mass is 373 g/mol. The van der Waals surface area contributed by atoms with Crippen LogP contribution in [-0.2, 0) is 32.8 Å². The first-order valence-electron chi connectivity index (χ1n) is 8.13. The summed E-state index contributed by atoms with van der Waals surface area (Å²) in [6.07, 6.45) is 2.62. The topological polar surface area (TPSA) is 79.0 Å². The van der Waals surface area contributed by atoms with Crippen molar-refractivity contribution in [1.29, 1.82) is 0 Å². The number of carbonyl (C=O) groups excluding carboxylic acids is 1. The highest BCUT2D eigenvalue weighted by Crippen LogP contribution is 2.25. The molecular weight excluding hydrogens is 350 g/mol. The maximum Gasteiger partial charge on any atom is 0.304 e. The van der Waals surface area contributed by atoms with Gasteiger partial charge in [0, 0.05) is 37.5 Å². The van der Waals surface area contributed by atoms with Crippen molar-refractivity contribution in [2.45, 2.75) is 32.2 Å². The molecule has 1 amide bonds. The van der Waals surface area contributed by atoms with Crippen LogP contribution in [0.2, 0.25) is 0 Å². The Kier molecular flexibility index (Phi) is 5.56. The molecule has 0 unspecified atom stereocenters. The fourth-order valence-corrected chi connectivity index (χ4v) is 5.27. The van der Waals surface area contributed by atoms with E-state index in [1.165, 1.54) is 9.18 Å². The lowest BCUT2D eigenvalue weighted by Gasteiger charge is -2.30. The van der Waals surface area contributed by atoms with Crippen molar-refractivity contribution >= 4 is 27.5 Å². The maximum atomic E-state index is 12.4. The van der Waals surface area contributed by atoms with Crippen LogP contribution in [0.25, 0.3) is 0 Å². The highest BCUT2D eigenvalue weighted by Gasteiger charge is 2.30. The summed E-state index contributed by atoms with van der Waals surface area (Å²) >= 11 is 1.65. The standard InChI is InChI=1S/C15H23N3O4S2/c1-22-17-6-2-12(3-7-17)10-15(19)16-24(20,21)18-8-4-14-13(11-18)5-9-23-14/h5,9,12H,2-4,6-8,10-11H2,1H3,(H,16,19). The second-order valence-electron chi connectivity index (χ2n) is 6.24. The Morgan fingerprint density at radius 1 is 1.38 bits per heavy atom. The van der Waals surface area contributed by atoms with Gasteiger partial charge in [0.1, 0.15) is 0 Å². The summed E-state index contributed by atoms with van der Waals surface area (Å²) in [5.74, 6) is -0.210. The van der Waals surface area contributed by atoms with Crippen LogP contribution in [0.5, 0.6) is 0 Å². The fraction of sp³-hybridized carbons (Fsp3) is 0.667. The third kappa shape index (κ3) is 4.15. The van der Waals surface area contributed by atoms with Gasteiger partial charge in [-0.15, -0.1) is 11.3 Å². The van der Waals surface area contributed by atoms with Gasteiger partial charge in [0.15, 0.2) is 0 Å². The van der Waals surface area contributed by atoms with Gasteiger partial charge in [-0.1, -0.05) is 0 Å². The number of hydroxylamine groups is 2. The molecule has 1 fully saturated rings. The predicted molar refractivity (Wildman–Crippen MR) is 91.4 cm³/mol. The smallest absolute Gasteiger partial charge is 0.302 e. The van der Waals surface area contributed by atoms with Crippen LogP contribution >= 0.6 is 11.3 Å². The lowest BCUT2D eigenvalue weighted by Crippen LogP contribution is -2.46. The van der Waals surface area contributed by atoms with Gasteiger partial charge in [-0.3, -0.25) is 4.79 Å². The summed E-state index contributed by atoms with van der Waals surface area (Å²) in [5.41, 5.74) is 1.04. The number of hydrogen-bond donors (Lipinski definition) is 1. The van der Waals surface area contributed by atoms with E-state index in [0.717, 1.165) is 31.5 Å². The molecule has 1 saturated heterocycles. The molecule has 0 aromatic carbocycles. The summed E-state index contributed by atoms with van der Waals surface area (Å²) in [6, 6.07) is 1.95. The molecule has 0 radical (unpaired) electrons. The third-order valence-electron chi connectivity index (χ3n) is 4.66. The number of carbonyl (C=O) groups is 1. The average molecular weight is 374 g/mol. The second-order valence-corrected chi connectivity index (χ2v) is 8.91. The molecule has 24 heavy (non-hydrogen) atoms. The van der Waals surface area contributed by atoms with E-state index in [2.05, 4.69) is 4.72 Å². The van der Waals surface area contributed by atoms with Crippen LogP contribution in [0.15, 0.2) is 11.4 Å². The van der Waals surface area contributed by atoms with Gasteiger partial charge < -0.3 is 4.84 Å². The van der Waals surface area contributed by atoms with Crippen molar-refractivity contribution in [2.24, 2.45) is 5.92 Å². The zero-order chi connectivity index (χ0) is 17.2. The lowest BCUT2D eigenvalue weighted by molar-refractivity contribution is -0.149. The largest absolute Gasteiger partial charge is 0.304 e. The Balaban J connectivity index is 1.52. The average Bonchev–Trinajstić information content (AvgIpc) is 3.02. The summed E-state index contributed by atoms with van der Waals surface area (Å²) in [6.45, 7) is 2.30. The summed E-state index contributed by atoms with van der Waals surface area (Å²) < 4.78 is 28.5. The molecule has 7 nitrogen and oxygen atoms in total. The number of rotatable bonds is 5. The molecule has 1 N–H and O–H groups in total. The minimum atomic E-state index is -3.77. The van der Waals surface area contributed by atoms with E-state index in [4.69, 9.17) is 4.84 Å². The molecule has 0 aliphatic carbocycles. The number of nitrogens with one attached hydrogen (secondary N) is 1. The highest BCUT2D eigenvalue weighted by atomic mass is 32.2. The van der Waals surface area contributed by atoms with Crippen molar-refractivity contribution < 1.29 is 18.0 Å². The Bertz CT molecular complexity index is 681. The highest BCUT2D eigenvalue weighted by molar-refractivity contribution is 7.87.